The summed E-state index contributed by atoms with van der Waals surface area (Å²) in [5, 5.41) is 0. The van der Waals surface area contributed by atoms with Gasteiger partial charge >= 0.3 is 0 Å². The Bertz CT molecular complexity index is 4600. The number of likely N-dealkylation sites (tertiary alicyclic amines) is 2. The van der Waals surface area contributed by atoms with Crippen molar-refractivity contribution in [2.75, 3.05) is 81.8 Å². The number of hydrogen-bond donors (Lipinski definition) is 0. The van der Waals surface area contributed by atoms with Crippen molar-refractivity contribution in [3.05, 3.63) is 211 Å². The summed E-state index contributed by atoms with van der Waals surface area (Å²) in [6, 6.07) is 38.7. The van der Waals surface area contributed by atoms with Crippen molar-refractivity contribution in [1.29, 1.82) is 0 Å². The zero-order valence-corrected chi connectivity index (χ0v) is 57.8. The lowest BCUT2D eigenvalue weighted by Gasteiger charge is -2.33. The van der Waals surface area contributed by atoms with Gasteiger partial charge in [0.2, 0.25) is 47.3 Å². The minimum atomic E-state index is -0.328. The summed E-state index contributed by atoms with van der Waals surface area (Å²) in [7, 11) is 0. The van der Waals surface area contributed by atoms with Crippen LogP contribution in [0.4, 0.5) is 34.1 Å². The first-order chi connectivity index (χ1) is 49.7. The van der Waals surface area contributed by atoms with Crippen molar-refractivity contribution in [1.82, 2.24) is 9.80 Å². The molecular weight excluding hydrogens is 1270 g/mol. The largest absolute Gasteiger partial charge is 0.336 e. The Morgan fingerprint density at radius 2 is 0.814 bits per heavy atom. The molecule has 16 nitrogen and oxygen atoms in total. The molecule has 0 radical (unpaired) electrons. The van der Waals surface area contributed by atoms with Crippen LogP contribution in [0.15, 0.2) is 183 Å². The van der Waals surface area contributed by atoms with Crippen molar-refractivity contribution in [2.24, 2.45) is 0 Å². The van der Waals surface area contributed by atoms with Crippen LogP contribution >= 0.6 is 0 Å². The highest BCUT2D eigenvalue weighted by Gasteiger charge is 2.36. The van der Waals surface area contributed by atoms with Crippen molar-refractivity contribution in [3.63, 3.8) is 0 Å². The van der Waals surface area contributed by atoms with Crippen LogP contribution in [0.5, 0.6) is 0 Å². The number of hydrogen-bond acceptors (Lipinski definition) is 8. The molecule has 0 N–H and O–H groups in total. The minimum Gasteiger partial charge on any atom is -0.336 e. The number of carbonyl (C=O) groups is 8. The molecule has 0 aromatic heterocycles. The molecule has 16 heteroatoms. The Kier molecular flexibility index (Phi) is 18.7. The Morgan fingerprint density at radius 3 is 1.25 bits per heavy atom. The van der Waals surface area contributed by atoms with Crippen LogP contribution in [0.1, 0.15) is 137 Å². The van der Waals surface area contributed by atoms with E-state index in [1.165, 1.54) is 0 Å². The molecular formula is C86H84N8O8. The second-order valence-electron chi connectivity index (χ2n) is 28.0. The predicted molar refractivity (Wildman–Crippen MR) is 406 cm³/mol. The molecule has 15 rings (SSSR count). The monoisotopic (exact) mass is 1360 g/mol. The van der Waals surface area contributed by atoms with Crippen LogP contribution in [0.3, 0.4) is 0 Å². The van der Waals surface area contributed by atoms with Gasteiger partial charge in [-0.05, 0) is 226 Å². The molecule has 0 saturated carbocycles. The molecule has 0 spiro atoms. The number of anilines is 6. The second kappa shape index (κ2) is 28.6. The van der Waals surface area contributed by atoms with E-state index in [4.69, 9.17) is 6.58 Å². The fraction of sp³-hybridized carbons (Fsp3) is 0.302. The summed E-state index contributed by atoms with van der Waals surface area (Å²) in [6.45, 7) is 17.9. The van der Waals surface area contributed by atoms with Gasteiger partial charge in [-0.15, -0.1) is 0 Å². The third-order valence-corrected chi connectivity index (χ3v) is 21.6. The third-order valence-electron chi connectivity index (χ3n) is 21.6. The molecule has 8 amide bonds. The smallest absolute Gasteiger partial charge is 0.227 e. The van der Waals surface area contributed by atoms with E-state index in [-0.39, 0.29) is 53.3 Å². The standard InChI is InChI=1S/C86H84N8O8/c1-4-6-20-58(41-57-42-62(87-33-11-25-79(87)95)50-63(43-57)88-34-12-26-80(88)96)75-54-76(70(19-5-2)56(3)59-44-64(89-35-13-27-81(89)97)51-65(45-59)90-36-14-28-82(90)98)78(74-24-10-8-22-72(74)61-48-68(93-39-17-31-85(93)101)53-69(49-61)94-40-18-32-86(94)102)55-77(75)73-23-9-7-21-71(73)60-46-66(91-37-15-29-83(91)99)52-67(47-60)92-38-16-30-84(92)100/h4-10,19-24,41-48,50-55,69H,1-3,11-18,25-40,49H2/b20-6-,58-41-,70-19+. The molecule has 102 heavy (non-hydrogen) atoms. The van der Waals surface area contributed by atoms with Crippen LogP contribution in [0, 0.1) is 0 Å². The third kappa shape index (κ3) is 13.0. The molecule has 516 valence electrons. The van der Waals surface area contributed by atoms with Gasteiger partial charge < -0.3 is 39.2 Å². The Balaban J connectivity index is 1.03. The lowest BCUT2D eigenvalue weighted by atomic mass is 9.79. The summed E-state index contributed by atoms with van der Waals surface area (Å²) in [5.41, 5.74) is 16.5. The molecule has 8 fully saturated rings. The molecule has 6 aromatic carbocycles. The highest BCUT2D eigenvalue weighted by molar-refractivity contribution is 6.13. The summed E-state index contributed by atoms with van der Waals surface area (Å²) >= 11 is 0. The number of nitrogens with zero attached hydrogens (tertiary/aromatic N) is 8. The van der Waals surface area contributed by atoms with E-state index >= 15 is 0 Å². The molecule has 8 saturated heterocycles. The van der Waals surface area contributed by atoms with E-state index in [2.05, 4.69) is 79.9 Å². The van der Waals surface area contributed by atoms with Gasteiger partial charge in [0.1, 0.15) is 0 Å². The minimum absolute atomic E-state index is 0.00111. The van der Waals surface area contributed by atoms with Crippen molar-refractivity contribution >= 4 is 110 Å². The molecule has 8 aliphatic heterocycles. The van der Waals surface area contributed by atoms with Crippen LogP contribution in [0.2, 0.25) is 0 Å². The van der Waals surface area contributed by atoms with Gasteiger partial charge in [-0.2, -0.15) is 0 Å². The molecule has 1 aliphatic carbocycles. The van der Waals surface area contributed by atoms with Crippen LogP contribution in [0.25, 0.3) is 61.7 Å². The highest BCUT2D eigenvalue weighted by atomic mass is 16.2. The quantitative estimate of drug-likeness (QED) is 0.0539. The van der Waals surface area contributed by atoms with Gasteiger partial charge in [0.25, 0.3) is 0 Å². The van der Waals surface area contributed by atoms with E-state index in [0.717, 1.165) is 85.3 Å². The molecule has 9 aliphatic rings. The van der Waals surface area contributed by atoms with E-state index in [9.17, 15) is 38.4 Å². The van der Waals surface area contributed by atoms with Crippen LogP contribution in [-0.2, 0) is 38.4 Å². The average Bonchev–Trinajstić information content (AvgIpc) is 1.06. The zero-order chi connectivity index (χ0) is 70.3. The van der Waals surface area contributed by atoms with Gasteiger partial charge in [-0.3, -0.25) is 38.4 Å². The van der Waals surface area contributed by atoms with E-state index in [1.54, 1.807) is 22.0 Å². The van der Waals surface area contributed by atoms with Gasteiger partial charge in [0, 0.05) is 144 Å². The lowest BCUT2D eigenvalue weighted by molar-refractivity contribution is -0.129. The Morgan fingerprint density at radius 1 is 0.402 bits per heavy atom. The first-order valence-corrected chi connectivity index (χ1v) is 36.4. The first-order valence-electron chi connectivity index (χ1n) is 36.4. The maximum Gasteiger partial charge on any atom is 0.227 e. The second-order valence-corrected chi connectivity index (χ2v) is 28.0. The van der Waals surface area contributed by atoms with E-state index in [1.807, 2.05) is 114 Å². The van der Waals surface area contributed by atoms with Gasteiger partial charge in [-0.25, -0.2) is 0 Å². The zero-order valence-electron chi connectivity index (χ0n) is 57.8. The molecule has 1 atom stereocenters. The summed E-state index contributed by atoms with van der Waals surface area (Å²) in [5.74, 6) is 0.167. The normalized spacial score (nSPS) is 20.0. The van der Waals surface area contributed by atoms with Crippen LogP contribution < -0.4 is 29.4 Å². The van der Waals surface area contributed by atoms with Crippen molar-refractivity contribution < 1.29 is 38.4 Å². The van der Waals surface area contributed by atoms with E-state index < -0.39 is 0 Å². The summed E-state index contributed by atoms with van der Waals surface area (Å²) < 4.78 is 0. The topological polar surface area (TPSA) is 162 Å². The number of rotatable bonds is 20. The fourth-order valence-corrected chi connectivity index (χ4v) is 16.6. The average molecular weight is 1360 g/mol. The number of benzene rings is 6. The lowest BCUT2D eigenvalue weighted by Crippen LogP contribution is -2.38. The SMILES string of the molecule is C=C/C=C\C(=C\c1cc(N2CCCC2=O)cc(N2CCCC2=O)c1)c1cc(/C(=C/C=C)C(=C)c2cc(N3CCCC3=O)cc(N3CCCC3=O)c2)c(-c2ccccc2C2=CC(N3CCCC3=O)=CC(N3CCCC3=O)C2)cc1-c1ccccc1-c1cc(N2CCCC2=O)cc(N2CCCC2=O)c1. The number of amides is 8. The van der Waals surface area contributed by atoms with Crippen molar-refractivity contribution in [3.8, 4) is 33.4 Å². The highest BCUT2D eigenvalue weighted by Crippen LogP contribution is 2.50. The van der Waals surface area contributed by atoms with Gasteiger partial charge in [0.15, 0.2) is 0 Å². The predicted octanol–water partition coefficient (Wildman–Crippen LogP) is 15.3. The molecule has 6 aromatic rings. The number of carbonyl (C=O) groups excluding carboxylic acids is 8. The number of allylic oxidation sites excluding steroid dienone is 9. The van der Waals surface area contributed by atoms with Crippen LogP contribution in [-0.4, -0.2) is 115 Å². The fourth-order valence-electron chi connectivity index (χ4n) is 16.6. The Hall–Kier alpha value is -11.0. The summed E-state index contributed by atoms with van der Waals surface area (Å²) in [6.07, 6.45) is 25.2. The molecule has 8 heterocycles. The Labute approximate surface area is 596 Å². The first kappa shape index (κ1) is 66.9. The van der Waals surface area contributed by atoms with E-state index in [0.29, 0.717) is 200 Å². The van der Waals surface area contributed by atoms with Gasteiger partial charge in [0.05, 0.1) is 6.04 Å². The summed E-state index contributed by atoms with van der Waals surface area (Å²) in [4.78, 5) is 125. The van der Waals surface area contributed by atoms with Gasteiger partial charge in [-0.1, -0.05) is 98.6 Å². The maximum atomic E-state index is 13.9. The molecule has 0 bridgehead atoms. The molecule has 1 unspecified atom stereocenters. The maximum absolute atomic E-state index is 13.9. The van der Waals surface area contributed by atoms with Crippen molar-refractivity contribution in [2.45, 2.75) is 115 Å².